The largest absolute Gasteiger partial charge is 0.330 e. The summed E-state index contributed by atoms with van der Waals surface area (Å²) < 4.78 is 0. The molecule has 1 aliphatic heterocycles. The lowest BCUT2D eigenvalue weighted by Crippen LogP contribution is -2.43. The molecule has 0 saturated carbocycles. The SMILES string of the molecule is CC(C)(C)N1CC2=C(CCC2)C1=O. The summed E-state index contributed by atoms with van der Waals surface area (Å²) in [4.78, 5) is 13.9. The van der Waals surface area contributed by atoms with E-state index < -0.39 is 0 Å². The van der Waals surface area contributed by atoms with Crippen molar-refractivity contribution in [3.05, 3.63) is 11.1 Å². The van der Waals surface area contributed by atoms with Crippen LogP contribution in [0.25, 0.3) is 0 Å². The number of carbonyl (C=O) groups excluding carboxylic acids is 1. The van der Waals surface area contributed by atoms with Gasteiger partial charge in [0.15, 0.2) is 0 Å². The smallest absolute Gasteiger partial charge is 0.250 e. The van der Waals surface area contributed by atoms with E-state index in [2.05, 4.69) is 20.8 Å². The van der Waals surface area contributed by atoms with Crippen molar-refractivity contribution in [3.8, 4) is 0 Å². The predicted octanol–water partition coefficient (Wildman–Crippen LogP) is 2.11. The van der Waals surface area contributed by atoms with Crippen LogP contribution in [0.5, 0.6) is 0 Å². The molecular weight excluding hydrogens is 162 g/mol. The van der Waals surface area contributed by atoms with Crippen LogP contribution in [0.4, 0.5) is 0 Å². The molecular formula is C11H17NO. The molecule has 1 amide bonds. The Morgan fingerprint density at radius 1 is 1.23 bits per heavy atom. The molecule has 13 heavy (non-hydrogen) atoms. The molecule has 72 valence electrons. The van der Waals surface area contributed by atoms with Gasteiger partial charge in [-0.15, -0.1) is 0 Å². The first-order valence-corrected chi connectivity index (χ1v) is 5.03. The van der Waals surface area contributed by atoms with Crippen molar-refractivity contribution in [3.63, 3.8) is 0 Å². The lowest BCUT2D eigenvalue weighted by Gasteiger charge is -2.32. The highest BCUT2D eigenvalue weighted by molar-refractivity contribution is 5.98. The number of likely N-dealkylation sites (tertiary alicyclic amines) is 1. The molecule has 0 spiro atoms. The first kappa shape index (κ1) is 8.79. The van der Waals surface area contributed by atoms with Crippen LogP contribution in [-0.2, 0) is 4.79 Å². The zero-order valence-electron chi connectivity index (χ0n) is 8.68. The van der Waals surface area contributed by atoms with Crippen LogP contribution in [0.3, 0.4) is 0 Å². The second-order valence-corrected chi connectivity index (χ2v) is 5.00. The van der Waals surface area contributed by atoms with Gasteiger partial charge in [0.2, 0.25) is 0 Å². The van der Waals surface area contributed by atoms with E-state index in [0.29, 0.717) is 5.91 Å². The summed E-state index contributed by atoms with van der Waals surface area (Å²) >= 11 is 0. The van der Waals surface area contributed by atoms with Crippen molar-refractivity contribution in [1.82, 2.24) is 4.90 Å². The third kappa shape index (κ3) is 1.28. The summed E-state index contributed by atoms with van der Waals surface area (Å²) in [5.41, 5.74) is 2.51. The van der Waals surface area contributed by atoms with E-state index in [1.165, 1.54) is 12.0 Å². The molecule has 0 aromatic heterocycles. The van der Waals surface area contributed by atoms with Crippen molar-refractivity contribution in [1.29, 1.82) is 0 Å². The summed E-state index contributed by atoms with van der Waals surface area (Å²) in [6, 6.07) is 0. The highest BCUT2D eigenvalue weighted by atomic mass is 16.2. The average molecular weight is 179 g/mol. The van der Waals surface area contributed by atoms with E-state index in [9.17, 15) is 4.79 Å². The lowest BCUT2D eigenvalue weighted by atomic mass is 10.1. The van der Waals surface area contributed by atoms with Gasteiger partial charge in [-0.05, 0) is 45.6 Å². The van der Waals surface area contributed by atoms with Crippen molar-refractivity contribution >= 4 is 5.91 Å². The summed E-state index contributed by atoms with van der Waals surface area (Å²) in [5, 5.41) is 0. The van der Waals surface area contributed by atoms with Gasteiger partial charge in [0.05, 0.1) is 0 Å². The number of carbonyl (C=O) groups is 1. The normalized spacial score (nSPS) is 23.0. The van der Waals surface area contributed by atoms with Crippen LogP contribution < -0.4 is 0 Å². The van der Waals surface area contributed by atoms with Crippen LogP contribution in [0.15, 0.2) is 11.1 Å². The first-order chi connectivity index (χ1) is 6.00. The standard InChI is InChI=1S/C11H17NO/c1-11(2,3)12-7-8-5-4-6-9(8)10(12)13/h4-7H2,1-3H3. The Morgan fingerprint density at radius 2 is 1.92 bits per heavy atom. The van der Waals surface area contributed by atoms with Crippen LogP contribution in [-0.4, -0.2) is 22.9 Å². The van der Waals surface area contributed by atoms with Gasteiger partial charge in [-0.3, -0.25) is 4.79 Å². The molecule has 2 nitrogen and oxygen atoms in total. The molecule has 1 heterocycles. The Balaban J connectivity index is 2.22. The maximum atomic E-state index is 11.9. The molecule has 1 aliphatic carbocycles. The quantitative estimate of drug-likeness (QED) is 0.557. The summed E-state index contributed by atoms with van der Waals surface area (Å²) in [6.07, 6.45) is 3.35. The average Bonchev–Trinajstić information content (AvgIpc) is 2.51. The highest BCUT2D eigenvalue weighted by Crippen LogP contribution is 2.36. The van der Waals surface area contributed by atoms with Crippen molar-refractivity contribution in [2.75, 3.05) is 6.54 Å². The molecule has 0 aromatic carbocycles. The topological polar surface area (TPSA) is 20.3 Å². The van der Waals surface area contributed by atoms with E-state index in [1.807, 2.05) is 4.90 Å². The van der Waals surface area contributed by atoms with E-state index in [-0.39, 0.29) is 5.54 Å². The molecule has 2 heteroatoms. The van der Waals surface area contributed by atoms with Gasteiger partial charge in [0.25, 0.3) is 5.91 Å². The number of nitrogens with zero attached hydrogens (tertiary/aromatic N) is 1. The highest BCUT2D eigenvalue weighted by Gasteiger charge is 2.37. The Bertz CT molecular complexity index is 283. The second-order valence-electron chi connectivity index (χ2n) is 5.00. The monoisotopic (exact) mass is 179 g/mol. The van der Waals surface area contributed by atoms with Gasteiger partial charge in [0.1, 0.15) is 0 Å². The van der Waals surface area contributed by atoms with Crippen molar-refractivity contribution in [2.24, 2.45) is 0 Å². The van der Waals surface area contributed by atoms with Crippen LogP contribution in [0, 0.1) is 0 Å². The van der Waals surface area contributed by atoms with Crippen LogP contribution in [0.1, 0.15) is 40.0 Å². The molecule has 0 N–H and O–H groups in total. The maximum Gasteiger partial charge on any atom is 0.250 e. The van der Waals surface area contributed by atoms with Gasteiger partial charge < -0.3 is 4.90 Å². The summed E-state index contributed by atoms with van der Waals surface area (Å²) in [5.74, 6) is 0.292. The first-order valence-electron chi connectivity index (χ1n) is 5.03. The van der Waals surface area contributed by atoms with E-state index in [0.717, 1.165) is 25.0 Å². The van der Waals surface area contributed by atoms with E-state index in [4.69, 9.17) is 0 Å². The van der Waals surface area contributed by atoms with Crippen molar-refractivity contribution in [2.45, 2.75) is 45.6 Å². The van der Waals surface area contributed by atoms with E-state index in [1.54, 1.807) is 0 Å². The zero-order chi connectivity index (χ0) is 9.64. The van der Waals surface area contributed by atoms with Gasteiger partial charge in [-0.25, -0.2) is 0 Å². The Morgan fingerprint density at radius 3 is 2.46 bits per heavy atom. The molecule has 0 unspecified atom stereocenters. The Labute approximate surface area is 79.6 Å². The number of rotatable bonds is 0. The minimum absolute atomic E-state index is 0.0125. The minimum atomic E-state index is -0.0125. The number of hydrogen-bond acceptors (Lipinski definition) is 1. The predicted molar refractivity (Wildman–Crippen MR) is 52.3 cm³/mol. The second kappa shape index (κ2) is 2.60. The molecule has 0 aromatic rings. The van der Waals surface area contributed by atoms with Gasteiger partial charge in [-0.2, -0.15) is 0 Å². The molecule has 2 aliphatic rings. The molecule has 0 radical (unpaired) electrons. The summed E-state index contributed by atoms with van der Waals surface area (Å²) in [6.45, 7) is 7.20. The molecule has 0 bridgehead atoms. The maximum absolute atomic E-state index is 11.9. The third-order valence-corrected chi connectivity index (χ3v) is 2.99. The van der Waals surface area contributed by atoms with E-state index >= 15 is 0 Å². The van der Waals surface area contributed by atoms with Crippen molar-refractivity contribution < 1.29 is 4.79 Å². The molecule has 0 saturated heterocycles. The fourth-order valence-electron chi connectivity index (χ4n) is 2.21. The Kier molecular flexibility index (Phi) is 1.76. The molecule has 2 rings (SSSR count). The van der Waals surface area contributed by atoms with Gasteiger partial charge >= 0.3 is 0 Å². The van der Waals surface area contributed by atoms with Crippen LogP contribution in [0.2, 0.25) is 0 Å². The van der Waals surface area contributed by atoms with Crippen LogP contribution >= 0.6 is 0 Å². The summed E-state index contributed by atoms with van der Waals surface area (Å²) in [7, 11) is 0. The number of amides is 1. The fourth-order valence-corrected chi connectivity index (χ4v) is 2.21. The third-order valence-electron chi connectivity index (χ3n) is 2.99. The molecule has 0 fully saturated rings. The fraction of sp³-hybridized carbons (Fsp3) is 0.727. The zero-order valence-corrected chi connectivity index (χ0v) is 8.68. The number of hydrogen-bond donors (Lipinski definition) is 0. The van der Waals surface area contributed by atoms with Gasteiger partial charge in [-0.1, -0.05) is 0 Å². The lowest BCUT2D eigenvalue weighted by molar-refractivity contribution is -0.129. The van der Waals surface area contributed by atoms with Gasteiger partial charge in [0, 0.05) is 17.7 Å². The minimum Gasteiger partial charge on any atom is -0.330 e. The Hall–Kier alpha value is -0.790. The molecule has 0 atom stereocenters.